The Kier molecular flexibility index (Phi) is 7.09. The predicted octanol–water partition coefficient (Wildman–Crippen LogP) is 3.23. The van der Waals surface area contributed by atoms with Crippen LogP contribution in [0, 0.1) is 12.8 Å². The van der Waals surface area contributed by atoms with Crippen molar-refractivity contribution in [2.24, 2.45) is 11.8 Å². The Morgan fingerprint density at radius 2 is 2.10 bits per heavy atom. The first kappa shape index (κ1) is 16.5. The fourth-order valence-corrected chi connectivity index (χ4v) is 2.28. The number of unbranched alkanes of at least 4 members (excludes halogenated alkanes) is 1. The van der Waals surface area contributed by atoms with Crippen LogP contribution in [0.3, 0.4) is 0 Å². The van der Waals surface area contributed by atoms with E-state index in [1.807, 2.05) is 25.1 Å². The van der Waals surface area contributed by atoms with Crippen LogP contribution in [0.2, 0.25) is 0 Å². The maximum absolute atomic E-state index is 12.2. The molecule has 0 saturated carbocycles. The molecule has 1 aromatic rings. The lowest BCUT2D eigenvalue weighted by atomic mass is 9.99. The van der Waals surface area contributed by atoms with Gasteiger partial charge in [-0.2, -0.15) is 0 Å². The van der Waals surface area contributed by atoms with Crippen molar-refractivity contribution in [1.29, 1.82) is 0 Å². The van der Waals surface area contributed by atoms with Gasteiger partial charge in [0.25, 0.3) is 5.91 Å². The second-order valence-electron chi connectivity index (χ2n) is 5.30. The molecule has 20 heavy (non-hydrogen) atoms. The van der Waals surface area contributed by atoms with Gasteiger partial charge in [-0.25, -0.2) is 0 Å². The third-order valence-corrected chi connectivity index (χ3v) is 3.73. The molecule has 0 radical (unpaired) electrons. The van der Waals surface area contributed by atoms with Gasteiger partial charge in [0.2, 0.25) is 0 Å². The van der Waals surface area contributed by atoms with Crippen LogP contribution >= 0.6 is 0 Å². The molecule has 1 rings (SSSR count). The number of carbonyl (C=O) groups is 1. The molecule has 4 N–H and O–H groups in total. The summed E-state index contributed by atoms with van der Waals surface area (Å²) in [6.45, 7) is 7.05. The lowest BCUT2D eigenvalue weighted by molar-refractivity contribution is 0.0945. The van der Waals surface area contributed by atoms with E-state index in [0.717, 1.165) is 24.2 Å². The van der Waals surface area contributed by atoms with E-state index in [4.69, 9.17) is 5.84 Å². The van der Waals surface area contributed by atoms with Gasteiger partial charge in [0.1, 0.15) is 0 Å². The van der Waals surface area contributed by atoms with Gasteiger partial charge in [0.05, 0.1) is 0 Å². The van der Waals surface area contributed by atoms with E-state index in [2.05, 4.69) is 24.6 Å². The summed E-state index contributed by atoms with van der Waals surface area (Å²) in [6, 6.07) is 5.51. The van der Waals surface area contributed by atoms with E-state index >= 15 is 0 Å². The lowest BCUT2D eigenvalue weighted by Crippen LogP contribution is -2.29. The highest BCUT2D eigenvalue weighted by Crippen LogP contribution is 2.15. The first-order valence-corrected chi connectivity index (χ1v) is 7.47. The fraction of sp³-hybridized carbons (Fsp3) is 0.562. The number of amides is 1. The standard InChI is InChI=1S/C16H27N3O/c1-4-6-7-13(5-2)11-18-16(20)15-9-8-14(19-17)10-12(15)3/h8-10,13,19H,4-7,11,17H2,1-3H3,(H,18,20). The van der Waals surface area contributed by atoms with Crippen LogP contribution in [-0.4, -0.2) is 12.5 Å². The second kappa shape index (κ2) is 8.59. The van der Waals surface area contributed by atoms with E-state index in [9.17, 15) is 4.79 Å². The minimum atomic E-state index is 0.000944. The minimum Gasteiger partial charge on any atom is -0.352 e. The van der Waals surface area contributed by atoms with Crippen molar-refractivity contribution in [1.82, 2.24) is 5.32 Å². The van der Waals surface area contributed by atoms with Crippen LogP contribution in [0.5, 0.6) is 0 Å². The number of carbonyl (C=O) groups excluding carboxylic acids is 1. The van der Waals surface area contributed by atoms with Gasteiger partial charge in [-0.3, -0.25) is 10.6 Å². The van der Waals surface area contributed by atoms with Gasteiger partial charge in [-0.1, -0.05) is 33.1 Å². The zero-order valence-electron chi connectivity index (χ0n) is 12.8. The molecule has 0 fully saturated rings. The molecule has 4 heteroatoms. The van der Waals surface area contributed by atoms with Crippen molar-refractivity contribution in [3.8, 4) is 0 Å². The Labute approximate surface area is 122 Å². The topological polar surface area (TPSA) is 67.2 Å². The molecule has 0 aliphatic carbocycles. The molecule has 1 atom stereocenters. The Bertz CT molecular complexity index is 432. The van der Waals surface area contributed by atoms with Gasteiger partial charge in [-0.05, 0) is 43.0 Å². The first-order valence-electron chi connectivity index (χ1n) is 7.47. The molecular weight excluding hydrogens is 250 g/mol. The average Bonchev–Trinajstić information content (AvgIpc) is 2.47. The Morgan fingerprint density at radius 3 is 2.65 bits per heavy atom. The summed E-state index contributed by atoms with van der Waals surface area (Å²) in [5.74, 6) is 5.93. The Balaban J connectivity index is 2.57. The highest BCUT2D eigenvalue weighted by molar-refractivity contribution is 5.96. The highest BCUT2D eigenvalue weighted by atomic mass is 16.1. The van der Waals surface area contributed by atoms with E-state index in [-0.39, 0.29) is 5.91 Å². The van der Waals surface area contributed by atoms with Crippen LogP contribution in [0.1, 0.15) is 55.5 Å². The third kappa shape index (κ3) is 4.85. The maximum atomic E-state index is 12.2. The number of hydrogen-bond donors (Lipinski definition) is 3. The third-order valence-electron chi connectivity index (χ3n) is 3.73. The summed E-state index contributed by atoms with van der Waals surface area (Å²) in [7, 11) is 0. The van der Waals surface area contributed by atoms with Gasteiger partial charge in [0, 0.05) is 17.8 Å². The maximum Gasteiger partial charge on any atom is 0.251 e. The normalized spacial score (nSPS) is 12.0. The van der Waals surface area contributed by atoms with Crippen LogP contribution in [0.25, 0.3) is 0 Å². The zero-order valence-corrected chi connectivity index (χ0v) is 12.8. The summed E-state index contributed by atoms with van der Waals surface area (Å²) >= 11 is 0. The minimum absolute atomic E-state index is 0.000944. The SMILES string of the molecule is CCCCC(CC)CNC(=O)c1ccc(NN)cc1C. The van der Waals surface area contributed by atoms with E-state index in [0.29, 0.717) is 11.5 Å². The van der Waals surface area contributed by atoms with Gasteiger partial charge in [0.15, 0.2) is 0 Å². The number of aryl methyl sites for hydroxylation is 1. The summed E-state index contributed by atoms with van der Waals surface area (Å²) in [6.07, 6.45) is 4.72. The van der Waals surface area contributed by atoms with Crippen LogP contribution in [-0.2, 0) is 0 Å². The molecule has 0 heterocycles. The van der Waals surface area contributed by atoms with Crippen LogP contribution in [0.15, 0.2) is 18.2 Å². The van der Waals surface area contributed by atoms with Gasteiger partial charge >= 0.3 is 0 Å². The largest absolute Gasteiger partial charge is 0.352 e. The number of hydrogen-bond acceptors (Lipinski definition) is 3. The average molecular weight is 277 g/mol. The summed E-state index contributed by atoms with van der Waals surface area (Å²) < 4.78 is 0. The van der Waals surface area contributed by atoms with Crippen molar-refractivity contribution in [2.45, 2.75) is 46.5 Å². The summed E-state index contributed by atoms with van der Waals surface area (Å²) in [5, 5.41) is 3.05. The monoisotopic (exact) mass is 277 g/mol. The molecule has 0 aliphatic heterocycles. The van der Waals surface area contributed by atoms with E-state index in [1.165, 1.54) is 19.3 Å². The molecule has 1 aromatic carbocycles. The molecule has 1 amide bonds. The molecule has 112 valence electrons. The second-order valence-corrected chi connectivity index (χ2v) is 5.30. The zero-order chi connectivity index (χ0) is 15.0. The van der Waals surface area contributed by atoms with Crippen LogP contribution < -0.4 is 16.6 Å². The number of benzene rings is 1. The predicted molar refractivity (Wildman–Crippen MR) is 84.6 cm³/mol. The fourth-order valence-electron chi connectivity index (χ4n) is 2.28. The van der Waals surface area contributed by atoms with Crippen molar-refractivity contribution in [3.63, 3.8) is 0 Å². The molecule has 0 spiro atoms. The summed E-state index contributed by atoms with van der Waals surface area (Å²) in [4.78, 5) is 12.2. The molecular formula is C16H27N3O. The molecule has 4 nitrogen and oxygen atoms in total. The van der Waals surface area contributed by atoms with Crippen LogP contribution in [0.4, 0.5) is 5.69 Å². The first-order chi connectivity index (χ1) is 9.62. The van der Waals surface area contributed by atoms with E-state index < -0.39 is 0 Å². The van der Waals surface area contributed by atoms with Crippen molar-refractivity contribution in [3.05, 3.63) is 29.3 Å². The summed E-state index contributed by atoms with van der Waals surface area (Å²) in [5.41, 5.74) is 5.05. The number of nitrogens with one attached hydrogen (secondary N) is 2. The molecule has 0 bridgehead atoms. The number of nitrogens with two attached hydrogens (primary N) is 1. The number of anilines is 1. The highest BCUT2D eigenvalue weighted by Gasteiger charge is 2.12. The number of hydrazine groups is 1. The van der Waals surface area contributed by atoms with Crippen molar-refractivity contribution in [2.75, 3.05) is 12.0 Å². The Hall–Kier alpha value is -1.55. The molecule has 0 aliphatic rings. The Morgan fingerprint density at radius 1 is 1.35 bits per heavy atom. The number of rotatable bonds is 8. The lowest BCUT2D eigenvalue weighted by Gasteiger charge is -2.16. The molecule has 1 unspecified atom stereocenters. The van der Waals surface area contributed by atoms with Crippen molar-refractivity contribution >= 4 is 11.6 Å². The van der Waals surface area contributed by atoms with Gasteiger partial charge < -0.3 is 10.7 Å². The van der Waals surface area contributed by atoms with E-state index in [1.54, 1.807) is 0 Å². The molecule has 0 saturated heterocycles. The van der Waals surface area contributed by atoms with Crippen molar-refractivity contribution < 1.29 is 4.79 Å². The number of nitrogen functional groups attached to an aromatic ring is 1. The molecule has 0 aromatic heterocycles. The van der Waals surface area contributed by atoms with Gasteiger partial charge in [-0.15, -0.1) is 0 Å². The quantitative estimate of drug-likeness (QED) is 0.505. The smallest absolute Gasteiger partial charge is 0.251 e.